The number of nitrogens with one attached hydrogen (secondary N) is 2. The van der Waals surface area contributed by atoms with Gasteiger partial charge in [0, 0.05) is 37.5 Å². The largest absolute Gasteiger partial charge is 0.481 e. The van der Waals surface area contributed by atoms with Crippen molar-refractivity contribution in [3.63, 3.8) is 0 Å². The molecule has 2 aromatic carbocycles. The standard InChI is InChI=1S/C44H58F3N5O7S/c1-7-27(4)38(50-40(54)35-15-11-12-18-51(35)5)42(55)52(23-28-13-9-8-10-14-28)36(26(2)3)22-37(59-25-58-6)41-49-34(24-60-41)39(53)48-31-19-29-16-17-30(44(45,46)47)20-32(29)33(21-31)43(56)57/h8-10,13-14,16-17,20,24,26-27,31,33,35-38H,7,11-12,15,18-19,21-23,25H2,1-6H3,(H,48,53)(H,50,54)(H,56,57)/t27?,31-,33+,35?,36+,37+,38?/m0/s1. The summed E-state index contributed by atoms with van der Waals surface area (Å²) in [6.07, 6.45) is -1.66. The Labute approximate surface area is 354 Å². The summed E-state index contributed by atoms with van der Waals surface area (Å²) in [7, 11) is 3.43. The predicted molar refractivity (Wildman–Crippen MR) is 221 cm³/mol. The van der Waals surface area contributed by atoms with Gasteiger partial charge in [0.05, 0.1) is 17.5 Å². The Kier molecular flexibility index (Phi) is 16.3. The number of rotatable bonds is 18. The first-order valence-corrected chi connectivity index (χ1v) is 21.5. The van der Waals surface area contributed by atoms with Gasteiger partial charge in [-0.3, -0.25) is 24.1 Å². The summed E-state index contributed by atoms with van der Waals surface area (Å²) in [6.45, 7) is 9.01. The van der Waals surface area contributed by atoms with Crippen molar-refractivity contribution in [2.75, 3.05) is 27.5 Å². The van der Waals surface area contributed by atoms with Crippen molar-refractivity contribution in [3.8, 4) is 0 Å². The Bertz CT molecular complexity index is 1930. The SMILES string of the molecule is CCC(C)C(NC(=O)C1CCCCN1C)C(=O)N(Cc1ccccc1)[C@H](C[C@@H](OCOC)c1nc(C(=O)N[C@H]2Cc3ccc(C(F)(F)F)cc3[C@H](C(=O)O)C2)cs1)C(C)C. The summed E-state index contributed by atoms with van der Waals surface area (Å²) in [5.41, 5.74) is 0.566. The molecule has 2 aliphatic rings. The molecule has 3 N–H and O–H groups in total. The van der Waals surface area contributed by atoms with Crippen molar-refractivity contribution in [3.05, 3.63) is 86.9 Å². The number of amides is 3. The van der Waals surface area contributed by atoms with Crippen LogP contribution in [-0.4, -0.2) is 95.2 Å². The summed E-state index contributed by atoms with van der Waals surface area (Å²) in [4.78, 5) is 63.2. The molecule has 1 aliphatic carbocycles. The highest BCUT2D eigenvalue weighted by Crippen LogP contribution is 2.38. The molecule has 16 heteroatoms. The smallest absolute Gasteiger partial charge is 0.416 e. The number of ether oxygens (including phenoxy) is 2. The van der Waals surface area contributed by atoms with Crippen LogP contribution in [0.3, 0.4) is 0 Å². The molecule has 1 fully saturated rings. The normalized spacial score (nSPS) is 20.4. The van der Waals surface area contributed by atoms with Crippen LogP contribution in [0.4, 0.5) is 13.2 Å². The first kappa shape index (κ1) is 46.7. The number of halogens is 3. The molecule has 3 amide bonds. The maximum atomic E-state index is 15.0. The second kappa shape index (κ2) is 20.9. The number of aromatic nitrogens is 1. The molecule has 7 atom stereocenters. The molecule has 2 heterocycles. The van der Waals surface area contributed by atoms with Crippen LogP contribution in [0.2, 0.25) is 0 Å². The van der Waals surface area contributed by atoms with Gasteiger partial charge in [-0.15, -0.1) is 11.3 Å². The first-order chi connectivity index (χ1) is 28.5. The molecule has 0 spiro atoms. The third-order valence-electron chi connectivity index (χ3n) is 11.8. The molecule has 1 aliphatic heterocycles. The quantitative estimate of drug-likeness (QED) is 0.113. The van der Waals surface area contributed by atoms with Crippen LogP contribution in [0, 0.1) is 11.8 Å². The number of carboxylic acids is 1. The number of hydrogen-bond donors (Lipinski definition) is 3. The van der Waals surface area contributed by atoms with Crippen molar-refractivity contribution in [2.24, 2.45) is 11.8 Å². The molecular formula is C44H58F3N5O7S. The fourth-order valence-electron chi connectivity index (χ4n) is 8.21. The van der Waals surface area contributed by atoms with Crippen LogP contribution in [0.1, 0.15) is 116 Å². The van der Waals surface area contributed by atoms with E-state index in [-0.39, 0.29) is 73.5 Å². The highest BCUT2D eigenvalue weighted by atomic mass is 32.1. The number of fused-ring (bicyclic) bond motifs is 1. The number of aliphatic carboxylic acids is 1. The Balaban J connectivity index is 1.40. The van der Waals surface area contributed by atoms with Crippen molar-refractivity contribution >= 4 is 35.0 Å². The second-order valence-electron chi connectivity index (χ2n) is 16.4. The molecule has 3 unspecified atom stereocenters. The molecule has 0 radical (unpaired) electrons. The van der Waals surface area contributed by atoms with Gasteiger partial charge in [-0.25, -0.2) is 4.98 Å². The van der Waals surface area contributed by atoms with E-state index in [0.29, 0.717) is 17.0 Å². The summed E-state index contributed by atoms with van der Waals surface area (Å²) in [5, 5.41) is 18.0. The number of likely N-dealkylation sites (tertiary alicyclic amines) is 1. The number of benzene rings is 2. The lowest BCUT2D eigenvalue weighted by Crippen LogP contribution is -2.58. The van der Waals surface area contributed by atoms with Gasteiger partial charge >= 0.3 is 12.1 Å². The Morgan fingerprint density at radius 1 is 1.08 bits per heavy atom. The molecule has 328 valence electrons. The maximum absolute atomic E-state index is 15.0. The second-order valence-corrected chi connectivity index (χ2v) is 17.3. The third-order valence-corrected chi connectivity index (χ3v) is 12.8. The number of carboxylic acid groups (broad SMARTS) is 1. The van der Waals surface area contributed by atoms with Crippen molar-refractivity contribution in [1.29, 1.82) is 0 Å². The van der Waals surface area contributed by atoms with E-state index >= 15 is 0 Å². The van der Waals surface area contributed by atoms with E-state index < -0.39 is 53.8 Å². The monoisotopic (exact) mass is 857 g/mol. The summed E-state index contributed by atoms with van der Waals surface area (Å²) >= 11 is 1.20. The minimum absolute atomic E-state index is 0.0663. The zero-order valence-electron chi connectivity index (χ0n) is 35.2. The molecule has 1 saturated heterocycles. The summed E-state index contributed by atoms with van der Waals surface area (Å²) in [5.74, 6) is -3.69. The number of thiazole rings is 1. The lowest BCUT2D eigenvalue weighted by Gasteiger charge is -2.40. The van der Waals surface area contributed by atoms with Gasteiger partial charge in [0.15, 0.2) is 0 Å². The lowest BCUT2D eigenvalue weighted by molar-refractivity contribution is -0.144. The number of carbonyl (C=O) groups excluding carboxylic acids is 3. The number of likely N-dealkylation sites (N-methyl/N-ethyl adjacent to an activating group) is 1. The zero-order valence-corrected chi connectivity index (χ0v) is 36.0. The van der Waals surface area contributed by atoms with Crippen molar-refractivity contribution < 1.29 is 46.9 Å². The molecule has 3 aromatic rings. The van der Waals surface area contributed by atoms with E-state index in [2.05, 4.69) is 15.6 Å². The van der Waals surface area contributed by atoms with Crippen LogP contribution >= 0.6 is 11.3 Å². The predicted octanol–water partition coefficient (Wildman–Crippen LogP) is 7.20. The molecule has 1 aromatic heterocycles. The average molecular weight is 858 g/mol. The number of carbonyl (C=O) groups is 4. The minimum atomic E-state index is -4.62. The Morgan fingerprint density at radius 2 is 1.82 bits per heavy atom. The fraction of sp³-hybridized carbons (Fsp3) is 0.568. The van der Waals surface area contributed by atoms with E-state index in [1.165, 1.54) is 24.5 Å². The van der Waals surface area contributed by atoms with E-state index in [1.54, 1.807) is 5.38 Å². The molecule has 0 bridgehead atoms. The van der Waals surface area contributed by atoms with Crippen molar-refractivity contribution in [1.82, 2.24) is 25.4 Å². The van der Waals surface area contributed by atoms with Gasteiger partial charge in [-0.1, -0.05) is 76.9 Å². The van der Waals surface area contributed by atoms with Gasteiger partial charge < -0.3 is 30.1 Å². The van der Waals surface area contributed by atoms with E-state index in [9.17, 15) is 37.5 Å². The fourth-order valence-corrected chi connectivity index (χ4v) is 9.07. The van der Waals surface area contributed by atoms with Gasteiger partial charge in [0.1, 0.15) is 29.6 Å². The van der Waals surface area contributed by atoms with E-state index in [4.69, 9.17) is 9.47 Å². The zero-order chi connectivity index (χ0) is 43.7. The van der Waals surface area contributed by atoms with Crippen molar-refractivity contribution in [2.45, 2.75) is 122 Å². The minimum Gasteiger partial charge on any atom is -0.481 e. The summed E-state index contributed by atoms with van der Waals surface area (Å²) in [6, 6.07) is 10.5. The van der Waals surface area contributed by atoms with Crippen LogP contribution in [-0.2, 0) is 43.0 Å². The van der Waals surface area contributed by atoms with Gasteiger partial charge in [-0.2, -0.15) is 13.2 Å². The van der Waals surface area contributed by atoms with Gasteiger partial charge in [0.2, 0.25) is 11.8 Å². The van der Waals surface area contributed by atoms with Gasteiger partial charge in [-0.05, 0) is 79.9 Å². The maximum Gasteiger partial charge on any atom is 0.416 e. The lowest BCUT2D eigenvalue weighted by atomic mass is 9.79. The Morgan fingerprint density at radius 3 is 2.45 bits per heavy atom. The number of alkyl halides is 3. The molecule has 12 nitrogen and oxygen atoms in total. The highest BCUT2D eigenvalue weighted by molar-refractivity contribution is 7.09. The number of nitrogens with zero attached hydrogens (tertiary/aromatic N) is 3. The topological polar surface area (TPSA) is 150 Å². The number of hydrogen-bond acceptors (Lipinski definition) is 9. The van der Waals surface area contributed by atoms with Crippen LogP contribution in [0.15, 0.2) is 53.9 Å². The molecule has 5 rings (SSSR count). The van der Waals surface area contributed by atoms with Crippen LogP contribution in [0.5, 0.6) is 0 Å². The van der Waals surface area contributed by atoms with Crippen LogP contribution in [0.25, 0.3) is 0 Å². The average Bonchev–Trinajstić information content (AvgIpc) is 3.72. The Hall–Kier alpha value is -4.38. The number of methoxy groups -OCH3 is 1. The van der Waals surface area contributed by atoms with E-state index in [1.807, 2.05) is 74.9 Å². The third kappa shape index (κ3) is 11.7. The molecule has 0 saturated carbocycles. The van der Waals surface area contributed by atoms with Gasteiger partial charge in [0.25, 0.3) is 5.91 Å². The first-order valence-electron chi connectivity index (χ1n) is 20.7. The highest BCUT2D eigenvalue weighted by Gasteiger charge is 2.40. The summed E-state index contributed by atoms with van der Waals surface area (Å²) < 4.78 is 51.9. The van der Waals surface area contributed by atoms with E-state index in [0.717, 1.165) is 43.5 Å². The molecule has 60 heavy (non-hydrogen) atoms. The van der Waals surface area contributed by atoms with Crippen LogP contribution < -0.4 is 10.6 Å². The molecular weight excluding hydrogens is 800 g/mol. The number of piperidine rings is 1.